The van der Waals surface area contributed by atoms with Crippen LogP contribution in [0.4, 0.5) is 0 Å². The molecule has 0 aromatic carbocycles. The van der Waals surface area contributed by atoms with Gasteiger partial charge in [-0.25, -0.2) is 0 Å². The van der Waals surface area contributed by atoms with Crippen LogP contribution in [0.25, 0.3) is 0 Å². The van der Waals surface area contributed by atoms with Crippen LogP contribution in [0.15, 0.2) is 24.3 Å². The molecule has 1 rings (SSSR count). The van der Waals surface area contributed by atoms with Crippen molar-refractivity contribution in [2.45, 2.75) is 63.3 Å². The SMILES string of the molecule is CC(C)(C)[Si](C)(C)OCCCC1(N)C=CC=CC1N. The minimum Gasteiger partial charge on any atom is -0.417 e. The molecular formula is C15H30N2OSi. The maximum atomic E-state index is 6.33. The van der Waals surface area contributed by atoms with Gasteiger partial charge in [0.05, 0.1) is 5.54 Å². The maximum Gasteiger partial charge on any atom is 0.191 e. The summed E-state index contributed by atoms with van der Waals surface area (Å²) in [6.45, 7) is 12.1. The first-order chi connectivity index (χ1) is 8.58. The first-order valence-electron chi connectivity index (χ1n) is 7.13. The fourth-order valence-corrected chi connectivity index (χ4v) is 2.97. The number of allylic oxidation sites excluding steroid dienone is 2. The largest absolute Gasteiger partial charge is 0.417 e. The fraction of sp³-hybridized carbons (Fsp3) is 0.733. The van der Waals surface area contributed by atoms with E-state index in [-0.39, 0.29) is 11.1 Å². The molecule has 0 radical (unpaired) electrons. The number of nitrogens with two attached hydrogens (primary N) is 2. The average molecular weight is 283 g/mol. The third kappa shape index (κ3) is 4.28. The van der Waals surface area contributed by atoms with E-state index in [1.807, 2.05) is 24.3 Å². The molecule has 4 heteroatoms. The highest BCUT2D eigenvalue weighted by Crippen LogP contribution is 2.36. The Kier molecular flexibility index (Phi) is 5.18. The molecule has 2 unspecified atom stereocenters. The van der Waals surface area contributed by atoms with E-state index in [1.54, 1.807) is 0 Å². The van der Waals surface area contributed by atoms with Crippen LogP contribution in [-0.2, 0) is 4.43 Å². The summed E-state index contributed by atoms with van der Waals surface area (Å²) in [5.41, 5.74) is 12.0. The van der Waals surface area contributed by atoms with Crippen molar-refractivity contribution < 1.29 is 4.43 Å². The minimum atomic E-state index is -1.64. The van der Waals surface area contributed by atoms with E-state index >= 15 is 0 Å². The summed E-state index contributed by atoms with van der Waals surface area (Å²) >= 11 is 0. The Labute approximate surface area is 119 Å². The van der Waals surface area contributed by atoms with Gasteiger partial charge in [-0.05, 0) is 31.0 Å². The molecule has 1 aliphatic rings. The van der Waals surface area contributed by atoms with E-state index in [1.165, 1.54) is 0 Å². The second-order valence-electron chi connectivity index (χ2n) is 7.09. The molecule has 0 heterocycles. The van der Waals surface area contributed by atoms with Crippen molar-refractivity contribution in [3.63, 3.8) is 0 Å². The van der Waals surface area contributed by atoms with E-state index in [0.717, 1.165) is 19.4 Å². The van der Waals surface area contributed by atoms with Crippen LogP contribution in [0.1, 0.15) is 33.6 Å². The zero-order chi connectivity index (χ0) is 14.7. The lowest BCUT2D eigenvalue weighted by Crippen LogP contribution is -2.53. The molecule has 0 aromatic heterocycles. The Bertz CT molecular complexity index is 358. The fourth-order valence-electron chi connectivity index (χ4n) is 1.88. The first kappa shape index (κ1) is 16.6. The molecule has 0 saturated heterocycles. The maximum absolute atomic E-state index is 6.33. The van der Waals surface area contributed by atoms with Crippen LogP contribution in [0.2, 0.25) is 18.1 Å². The van der Waals surface area contributed by atoms with Crippen molar-refractivity contribution in [3.8, 4) is 0 Å². The lowest BCUT2D eigenvalue weighted by Gasteiger charge is -2.37. The van der Waals surface area contributed by atoms with Gasteiger partial charge in [-0.15, -0.1) is 0 Å². The molecular weight excluding hydrogens is 252 g/mol. The van der Waals surface area contributed by atoms with Gasteiger partial charge in [0.25, 0.3) is 0 Å². The third-order valence-electron chi connectivity index (χ3n) is 4.48. The summed E-state index contributed by atoms with van der Waals surface area (Å²) in [6.07, 6.45) is 9.75. The quantitative estimate of drug-likeness (QED) is 0.602. The Morgan fingerprint density at radius 2 is 1.89 bits per heavy atom. The number of rotatable bonds is 5. The number of hydrogen-bond donors (Lipinski definition) is 2. The number of hydrogen-bond acceptors (Lipinski definition) is 3. The molecule has 0 saturated carbocycles. The summed E-state index contributed by atoms with van der Waals surface area (Å²) in [5, 5.41) is 0.261. The van der Waals surface area contributed by atoms with E-state index in [9.17, 15) is 0 Å². The third-order valence-corrected chi connectivity index (χ3v) is 9.02. The lowest BCUT2D eigenvalue weighted by atomic mass is 9.84. The summed E-state index contributed by atoms with van der Waals surface area (Å²) in [6, 6.07) is -0.0922. The van der Waals surface area contributed by atoms with Crippen LogP contribution in [0, 0.1) is 0 Å². The van der Waals surface area contributed by atoms with Crippen molar-refractivity contribution in [2.75, 3.05) is 6.61 Å². The standard InChI is InChI=1S/C15H30N2OSi/c1-14(2,3)19(4,5)18-12-8-11-15(17)10-7-6-9-13(15)16/h6-7,9-10,13H,8,11-12,16-17H2,1-5H3. The normalized spacial score (nSPS) is 27.8. The molecule has 0 bridgehead atoms. The predicted octanol–water partition coefficient (Wildman–Crippen LogP) is 2.94. The van der Waals surface area contributed by atoms with Gasteiger partial charge in [0.2, 0.25) is 0 Å². The van der Waals surface area contributed by atoms with Crippen LogP contribution < -0.4 is 11.5 Å². The highest BCUT2D eigenvalue weighted by Gasteiger charge is 2.37. The first-order valence-corrected chi connectivity index (χ1v) is 10.0. The second kappa shape index (κ2) is 5.91. The highest BCUT2D eigenvalue weighted by atomic mass is 28.4. The van der Waals surface area contributed by atoms with E-state index in [2.05, 4.69) is 33.9 Å². The highest BCUT2D eigenvalue weighted by molar-refractivity contribution is 6.74. The van der Waals surface area contributed by atoms with Gasteiger partial charge >= 0.3 is 0 Å². The van der Waals surface area contributed by atoms with Gasteiger partial charge in [0, 0.05) is 12.6 Å². The van der Waals surface area contributed by atoms with Crippen molar-refractivity contribution in [3.05, 3.63) is 24.3 Å². The van der Waals surface area contributed by atoms with Gasteiger partial charge in [-0.3, -0.25) is 0 Å². The van der Waals surface area contributed by atoms with E-state index in [4.69, 9.17) is 15.9 Å². The van der Waals surface area contributed by atoms with E-state index in [0.29, 0.717) is 0 Å². The molecule has 0 amide bonds. The molecule has 0 aromatic rings. The zero-order valence-electron chi connectivity index (χ0n) is 13.1. The van der Waals surface area contributed by atoms with Gasteiger partial charge in [-0.1, -0.05) is 45.1 Å². The van der Waals surface area contributed by atoms with Gasteiger partial charge in [0.15, 0.2) is 8.32 Å². The monoisotopic (exact) mass is 282 g/mol. The Morgan fingerprint density at radius 1 is 1.26 bits per heavy atom. The van der Waals surface area contributed by atoms with Crippen LogP contribution in [-0.4, -0.2) is 26.5 Å². The molecule has 0 fully saturated rings. The molecule has 3 nitrogen and oxygen atoms in total. The van der Waals surface area contributed by atoms with E-state index < -0.39 is 13.9 Å². The Balaban J connectivity index is 2.40. The van der Waals surface area contributed by atoms with Gasteiger partial charge in [0.1, 0.15) is 0 Å². The Hall–Kier alpha value is -0.423. The van der Waals surface area contributed by atoms with Crippen LogP contribution in [0.3, 0.4) is 0 Å². The molecule has 110 valence electrons. The molecule has 4 N–H and O–H groups in total. The summed E-state index contributed by atoms with van der Waals surface area (Å²) in [4.78, 5) is 0. The van der Waals surface area contributed by atoms with Crippen LogP contribution >= 0.6 is 0 Å². The van der Waals surface area contributed by atoms with Crippen molar-refractivity contribution in [1.82, 2.24) is 0 Å². The molecule has 1 aliphatic carbocycles. The lowest BCUT2D eigenvalue weighted by molar-refractivity contribution is 0.264. The molecule has 0 spiro atoms. The summed E-state index contributed by atoms with van der Waals surface area (Å²) in [5.74, 6) is 0. The molecule has 19 heavy (non-hydrogen) atoms. The molecule has 0 aliphatic heterocycles. The summed E-state index contributed by atoms with van der Waals surface area (Å²) in [7, 11) is -1.64. The summed E-state index contributed by atoms with van der Waals surface area (Å²) < 4.78 is 6.17. The van der Waals surface area contributed by atoms with Crippen molar-refractivity contribution in [1.29, 1.82) is 0 Å². The second-order valence-corrected chi connectivity index (χ2v) is 11.9. The van der Waals surface area contributed by atoms with Gasteiger partial charge < -0.3 is 15.9 Å². The van der Waals surface area contributed by atoms with Crippen molar-refractivity contribution >= 4 is 8.32 Å². The zero-order valence-corrected chi connectivity index (χ0v) is 14.1. The minimum absolute atomic E-state index is 0.0922. The van der Waals surface area contributed by atoms with Crippen LogP contribution in [0.5, 0.6) is 0 Å². The smallest absolute Gasteiger partial charge is 0.191 e. The van der Waals surface area contributed by atoms with Gasteiger partial charge in [-0.2, -0.15) is 0 Å². The molecule has 2 atom stereocenters. The average Bonchev–Trinajstić information content (AvgIpc) is 2.27. The topological polar surface area (TPSA) is 61.3 Å². The van der Waals surface area contributed by atoms with Crippen molar-refractivity contribution in [2.24, 2.45) is 11.5 Å². The predicted molar refractivity (Wildman–Crippen MR) is 85.6 cm³/mol. The Morgan fingerprint density at radius 3 is 2.42 bits per heavy atom.